The molecule has 2 nitrogen and oxygen atoms in total. The highest BCUT2D eigenvalue weighted by molar-refractivity contribution is 7.99. The van der Waals surface area contributed by atoms with Gasteiger partial charge in [-0.05, 0) is 44.8 Å². The van der Waals surface area contributed by atoms with E-state index in [0.29, 0.717) is 5.54 Å². The summed E-state index contributed by atoms with van der Waals surface area (Å²) >= 11 is 2.09. The first-order valence-corrected chi connectivity index (χ1v) is 9.81. The van der Waals surface area contributed by atoms with E-state index in [1.54, 1.807) is 0 Å². The third-order valence-corrected chi connectivity index (χ3v) is 6.74. The van der Waals surface area contributed by atoms with Gasteiger partial charge < -0.3 is 5.32 Å². The summed E-state index contributed by atoms with van der Waals surface area (Å²) < 4.78 is 0. The van der Waals surface area contributed by atoms with E-state index in [1.807, 2.05) is 0 Å². The van der Waals surface area contributed by atoms with Gasteiger partial charge in [0, 0.05) is 36.0 Å². The molecule has 0 amide bonds. The topological polar surface area (TPSA) is 15.3 Å². The van der Waals surface area contributed by atoms with E-state index in [4.69, 9.17) is 0 Å². The SMILES string of the molecule is CCC1(C)CN(C2CCCC(SC)C2)C(C(C)C)CN1. The summed E-state index contributed by atoms with van der Waals surface area (Å²) in [5, 5.41) is 4.72. The number of hydrogen-bond acceptors (Lipinski definition) is 3. The van der Waals surface area contributed by atoms with Crippen LogP contribution in [-0.2, 0) is 0 Å². The molecule has 3 heteroatoms. The molecule has 20 heavy (non-hydrogen) atoms. The van der Waals surface area contributed by atoms with Crippen molar-refractivity contribution in [3.63, 3.8) is 0 Å². The molecule has 0 bridgehead atoms. The molecule has 2 fully saturated rings. The number of rotatable bonds is 4. The van der Waals surface area contributed by atoms with E-state index in [1.165, 1.54) is 45.2 Å². The van der Waals surface area contributed by atoms with E-state index < -0.39 is 0 Å². The molecule has 1 aliphatic heterocycles. The summed E-state index contributed by atoms with van der Waals surface area (Å²) in [6, 6.07) is 1.54. The zero-order valence-corrected chi connectivity index (χ0v) is 14.9. The maximum absolute atomic E-state index is 3.82. The van der Waals surface area contributed by atoms with Crippen LogP contribution in [0.15, 0.2) is 0 Å². The van der Waals surface area contributed by atoms with Crippen LogP contribution in [0.25, 0.3) is 0 Å². The van der Waals surface area contributed by atoms with E-state index in [2.05, 4.69) is 55.9 Å². The standard InChI is InChI=1S/C17H34N2S/c1-6-17(4)12-19(16(11-18-17)13(2)3)14-8-7-9-15(10-14)20-5/h13-16,18H,6-12H2,1-5H3. The second kappa shape index (κ2) is 7.02. The van der Waals surface area contributed by atoms with Gasteiger partial charge in [-0.15, -0.1) is 0 Å². The van der Waals surface area contributed by atoms with Crippen LogP contribution < -0.4 is 5.32 Å². The zero-order chi connectivity index (χ0) is 14.8. The van der Waals surface area contributed by atoms with Crippen molar-refractivity contribution >= 4 is 11.8 Å². The van der Waals surface area contributed by atoms with E-state index in [0.717, 1.165) is 23.3 Å². The Hall–Kier alpha value is 0.270. The fraction of sp³-hybridized carbons (Fsp3) is 1.00. The molecule has 0 radical (unpaired) electrons. The predicted molar refractivity (Wildman–Crippen MR) is 91.6 cm³/mol. The summed E-state index contributed by atoms with van der Waals surface area (Å²) in [5.41, 5.74) is 0.317. The highest BCUT2D eigenvalue weighted by Gasteiger charge is 2.40. The van der Waals surface area contributed by atoms with Gasteiger partial charge in [0.05, 0.1) is 0 Å². The minimum absolute atomic E-state index is 0.317. The van der Waals surface area contributed by atoms with Crippen LogP contribution in [0.4, 0.5) is 0 Å². The molecule has 0 aromatic carbocycles. The molecule has 1 saturated heterocycles. The Morgan fingerprint density at radius 3 is 2.70 bits per heavy atom. The lowest BCUT2D eigenvalue weighted by Gasteiger charge is -2.52. The molecular formula is C17H34N2S. The zero-order valence-electron chi connectivity index (χ0n) is 14.1. The van der Waals surface area contributed by atoms with Gasteiger partial charge in [-0.2, -0.15) is 11.8 Å². The van der Waals surface area contributed by atoms with Crippen LogP contribution in [0, 0.1) is 5.92 Å². The van der Waals surface area contributed by atoms with Crippen molar-refractivity contribution in [2.45, 2.75) is 82.7 Å². The van der Waals surface area contributed by atoms with Crippen LogP contribution in [0.5, 0.6) is 0 Å². The van der Waals surface area contributed by atoms with Gasteiger partial charge in [-0.3, -0.25) is 4.90 Å². The van der Waals surface area contributed by atoms with Crippen molar-refractivity contribution < 1.29 is 0 Å². The molecule has 4 atom stereocenters. The van der Waals surface area contributed by atoms with Gasteiger partial charge in [0.15, 0.2) is 0 Å². The number of nitrogens with one attached hydrogen (secondary N) is 1. The van der Waals surface area contributed by atoms with Crippen LogP contribution in [0.1, 0.15) is 59.8 Å². The van der Waals surface area contributed by atoms with E-state index >= 15 is 0 Å². The lowest BCUT2D eigenvalue weighted by Crippen LogP contribution is -2.66. The number of nitrogens with zero attached hydrogens (tertiary/aromatic N) is 1. The Balaban J connectivity index is 2.10. The molecule has 0 aromatic heterocycles. The molecule has 1 aliphatic carbocycles. The first-order valence-electron chi connectivity index (χ1n) is 8.52. The molecule has 0 spiro atoms. The molecular weight excluding hydrogens is 264 g/mol. The summed E-state index contributed by atoms with van der Waals surface area (Å²) in [4.78, 5) is 2.88. The lowest BCUT2D eigenvalue weighted by molar-refractivity contribution is 0.0126. The van der Waals surface area contributed by atoms with Crippen molar-refractivity contribution in [2.75, 3.05) is 19.3 Å². The van der Waals surface area contributed by atoms with Crippen molar-refractivity contribution in [3.05, 3.63) is 0 Å². The van der Waals surface area contributed by atoms with Gasteiger partial charge in [0.1, 0.15) is 0 Å². The van der Waals surface area contributed by atoms with Crippen LogP contribution in [0.2, 0.25) is 0 Å². The van der Waals surface area contributed by atoms with Crippen LogP contribution in [0.3, 0.4) is 0 Å². The molecule has 118 valence electrons. The Kier molecular flexibility index (Phi) is 5.84. The molecule has 1 heterocycles. The smallest absolute Gasteiger partial charge is 0.0278 e. The lowest BCUT2D eigenvalue weighted by atomic mass is 9.85. The molecule has 1 N–H and O–H groups in total. The summed E-state index contributed by atoms with van der Waals surface area (Å²) in [7, 11) is 0. The van der Waals surface area contributed by atoms with Crippen LogP contribution in [-0.4, -0.2) is 47.1 Å². The third-order valence-electron chi connectivity index (χ3n) is 5.65. The summed E-state index contributed by atoms with van der Waals surface area (Å²) in [6.07, 6.45) is 9.20. The second-order valence-corrected chi connectivity index (χ2v) is 8.60. The summed E-state index contributed by atoms with van der Waals surface area (Å²) in [6.45, 7) is 11.9. The monoisotopic (exact) mass is 298 g/mol. The minimum Gasteiger partial charge on any atom is -0.309 e. The van der Waals surface area contributed by atoms with Crippen molar-refractivity contribution in [2.24, 2.45) is 5.92 Å². The highest BCUT2D eigenvalue weighted by atomic mass is 32.2. The normalized spacial score (nSPS) is 40.2. The number of piperazine rings is 1. The Morgan fingerprint density at radius 1 is 1.35 bits per heavy atom. The van der Waals surface area contributed by atoms with Crippen molar-refractivity contribution in [1.82, 2.24) is 10.2 Å². The fourth-order valence-electron chi connectivity index (χ4n) is 3.94. The molecule has 2 rings (SSSR count). The number of thioether (sulfide) groups is 1. The van der Waals surface area contributed by atoms with Gasteiger partial charge in [0.25, 0.3) is 0 Å². The Bertz CT molecular complexity index is 307. The van der Waals surface area contributed by atoms with Gasteiger partial charge in [-0.1, -0.05) is 27.2 Å². The quantitative estimate of drug-likeness (QED) is 0.851. The van der Waals surface area contributed by atoms with Gasteiger partial charge in [0.2, 0.25) is 0 Å². The van der Waals surface area contributed by atoms with Crippen LogP contribution >= 0.6 is 11.8 Å². The number of hydrogen-bond donors (Lipinski definition) is 1. The highest BCUT2D eigenvalue weighted by Crippen LogP contribution is 2.34. The predicted octanol–water partition coefficient (Wildman–Crippen LogP) is 3.76. The molecule has 4 unspecified atom stereocenters. The van der Waals surface area contributed by atoms with E-state index in [9.17, 15) is 0 Å². The first kappa shape index (κ1) is 16.6. The largest absolute Gasteiger partial charge is 0.309 e. The fourth-order valence-corrected chi connectivity index (χ4v) is 4.75. The second-order valence-electron chi connectivity index (χ2n) is 7.46. The maximum Gasteiger partial charge on any atom is 0.0278 e. The summed E-state index contributed by atoms with van der Waals surface area (Å²) in [5.74, 6) is 0.749. The molecule has 0 aromatic rings. The average molecular weight is 299 g/mol. The van der Waals surface area contributed by atoms with Gasteiger partial charge in [-0.25, -0.2) is 0 Å². The Morgan fingerprint density at radius 2 is 2.10 bits per heavy atom. The van der Waals surface area contributed by atoms with E-state index in [-0.39, 0.29) is 0 Å². The maximum atomic E-state index is 3.82. The van der Waals surface area contributed by atoms with Crippen molar-refractivity contribution in [3.8, 4) is 0 Å². The van der Waals surface area contributed by atoms with Gasteiger partial charge >= 0.3 is 0 Å². The Labute approximate surface area is 130 Å². The molecule has 1 saturated carbocycles. The average Bonchev–Trinajstić information content (AvgIpc) is 2.47. The molecule has 2 aliphatic rings. The minimum atomic E-state index is 0.317. The third kappa shape index (κ3) is 3.72. The van der Waals surface area contributed by atoms with Crippen molar-refractivity contribution in [1.29, 1.82) is 0 Å². The first-order chi connectivity index (χ1) is 9.49.